The molecular weight excluding hydrogens is 292 g/mol. The lowest BCUT2D eigenvalue weighted by atomic mass is 9.92. The summed E-state index contributed by atoms with van der Waals surface area (Å²) >= 11 is 0. The van der Waals surface area contributed by atoms with Gasteiger partial charge in [-0.25, -0.2) is 0 Å². The van der Waals surface area contributed by atoms with Gasteiger partial charge in [-0.2, -0.15) is 0 Å². The van der Waals surface area contributed by atoms with Crippen molar-refractivity contribution < 1.29 is 14.3 Å². The fraction of sp³-hybridized carbons (Fsp3) is 0.611. The first kappa shape index (κ1) is 17.6. The molecule has 1 aromatic rings. The van der Waals surface area contributed by atoms with Crippen LogP contribution in [0.2, 0.25) is 0 Å². The summed E-state index contributed by atoms with van der Waals surface area (Å²) in [5.41, 5.74) is 0.946. The van der Waals surface area contributed by atoms with Crippen molar-refractivity contribution in [1.29, 1.82) is 0 Å². The van der Waals surface area contributed by atoms with E-state index in [-0.39, 0.29) is 5.91 Å². The molecule has 5 heteroatoms. The van der Waals surface area contributed by atoms with Crippen LogP contribution >= 0.6 is 0 Å². The van der Waals surface area contributed by atoms with Crippen LogP contribution in [0.25, 0.3) is 0 Å². The summed E-state index contributed by atoms with van der Waals surface area (Å²) in [7, 11) is 3.24. The Morgan fingerprint density at radius 2 is 1.91 bits per heavy atom. The largest absolute Gasteiger partial charge is 0.497 e. The Morgan fingerprint density at radius 3 is 2.52 bits per heavy atom. The predicted octanol–water partition coefficient (Wildman–Crippen LogP) is 2.30. The minimum absolute atomic E-state index is 0.0594. The highest BCUT2D eigenvalue weighted by Crippen LogP contribution is 2.24. The molecule has 2 unspecified atom stereocenters. The first-order chi connectivity index (χ1) is 11.0. The van der Waals surface area contributed by atoms with Crippen molar-refractivity contribution in [1.82, 2.24) is 10.2 Å². The summed E-state index contributed by atoms with van der Waals surface area (Å²) in [5, 5.41) is 2.99. The molecule has 1 N–H and O–H groups in total. The topological polar surface area (TPSA) is 50.8 Å². The molecule has 0 bridgehead atoms. The molecule has 0 radical (unpaired) electrons. The summed E-state index contributed by atoms with van der Waals surface area (Å²) in [6, 6.07) is 5.62. The second-order valence-corrected chi connectivity index (χ2v) is 6.59. The average molecular weight is 320 g/mol. The number of nitrogens with zero attached hydrogens (tertiary/aromatic N) is 1. The number of carbonyl (C=O) groups excluding carboxylic acids is 1. The molecule has 1 saturated heterocycles. The van der Waals surface area contributed by atoms with E-state index >= 15 is 0 Å². The first-order valence-electron chi connectivity index (χ1n) is 8.21. The molecule has 2 rings (SSSR count). The van der Waals surface area contributed by atoms with Crippen LogP contribution in [0, 0.1) is 11.8 Å². The SMILES string of the molecule is COc1ccc(CNC(=O)CN2CC(C)CC(C)C2)c(OC)c1. The minimum atomic E-state index is 0.0594. The van der Waals surface area contributed by atoms with Gasteiger partial charge < -0.3 is 14.8 Å². The van der Waals surface area contributed by atoms with Crippen molar-refractivity contribution in [3.63, 3.8) is 0 Å². The van der Waals surface area contributed by atoms with Crippen LogP contribution < -0.4 is 14.8 Å². The highest BCUT2D eigenvalue weighted by atomic mass is 16.5. The number of carbonyl (C=O) groups is 1. The van der Waals surface area contributed by atoms with Crippen LogP contribution in [0.3, 0.4) is 0 Å². The summed E-state index contributed by atoms with van der Waals surface area (Å²) in [6.45, 7) is 7.44. The molecule has 5 nitrogen and oxygen atoms in total. The number of methoxy groups -OCH3 is 2. The second-order valence-electron chi connectivity index (χ2n) is 6.59. The zero-order valence-corrected chi connectivity index (χ0v) is 14.6. The number of ether oxygens (including phenoxy) is 2. The molecule has 1 amide bonds. The van der Waals surface area contributed by atoms with E-state index in [1.54, 1.807) is 14.2 Å². The molecule has 0 aromatic heterocycles. The molecule has 0 spiro atoms. The zero-order chi connectivity index (χ0) is 16.8. The lowest BCUT2D eigenvalue weighted by molar-refractivity contribution is -0.123. The van der Waals surface area contributed by atoms with Crippen LogP contribution in [0.1, 0.15) is 25.8 Å². The van der Waals surface area contributed by atoms with Gasteiger partial charge >= 0.3 is 0 Å². The number of amides is 1. The maximum atomic E-state index is 12.2. The van der Waals surface area contributed by atoms with E-state index in [9.17, 15) is 4.79 Å². The second kappa shape index (κ2) is 8.20. The molecule has 1 aromatic carbocycles. The number of nitrogens with one attached hydrogen (secondary N) is 1. The van der Waals surface area contributed by atoms with Crippen molar-refractivity contribution in [2.24, 2.45) is 11.8 Å². The van der Waals surface area contributed by atoms with Crippen LogP contribution in [0.5, 0.6) is 11.5 Å². The lowest BCUT2D eigenvalue weighted by Gasteiger charge is -2.34. The highest BCUT2D eigenvalue weighted by Gasteiger charge is 2.23. The molecule has 1 aliphatic heterocycles. The molecule has 2 atom stereocenters. The number of hydrogen-bond acceptors (Lipinski definition) is 4. The van der Waals surface area contributed by atoms with Crippen molar-refractivity contribution in [2.45, 2.75) is 26.8 Å². The van der Waals surface area contributed by atoms with Crippen LogP contribution in [-0.2, 0) is 11.3 Å². The Hall–Kier alpha value is -1.75. The van der Waals surface area contributed by atoms with E-state index in [0.29, 0.717) is 24.9 Å². The van der Waals surface area contributed by atoms with Gasteiger partial charge in [0.15, 0.2) is 0 Å². The van der Waals surface area contributed by atoms with Gasteiger partial charge in [-0.15, -0.1) is 0 Å². The summed E-state index contributed by atoms with van der Waals surface area (Å²) in [5.74, 6) is 2.85. The summed E-state index contributed by atoms with van der Waals surface area (Å²) in [4.78, 5) is 14.5. The number of hydrogen-bond donors (Lipinski definition) is 1. The summed E-state index contributed by atoms with van der Waals surface area (Å²) in [6.07, 6.45) is 1.25. The average Bonchev–Trinajstić information content (AvgIpc) is 2.51. The molecule has 1 aliphatic rings. The zero-order valence-electron chi connectivity index (χ0n) is 14.6. The van der Waals surface area contributed by atoms with Crippen molar-refractivity contribution in [2.75, 3.05) is 33.9 Å². The van der Waals surface area contributed by atoms with Gasteiger partial charge in [-0.1, -0.05) is 13.8 Å². The van der Waals surface area contributed by atoms with Crippen LogP contribution in [0.4, 0.5) is 0 Å². The third-order valence-corrected chi connectivity index (χ3v) is 4.28. The van der Waals surface area contributed by atoms with Crippen LogP contribution in [-0.4, -0.2) is 44.7 Å². The molecule has 1 heterocycles. The van der Waals surface area contributed by atoms with Gasteiger partial charge in [0.2, 0.25) is 5.91 Å². The van der Waals surface area contributed by atoms with E-state index in [0.717, 1.165) is 30.2 Å². The maximum absolute atomic E-state index is 12.2. The normalized spacial score (nSPS) is 21.7. The van der Waals surface area contributed by atoms with E-state index in [1.165, 1.54) is 6.42 Å². The van der Waals surface area contributed by atoms with Crippen molar-refractivity contribution in [3.8, 4) is 11.5 Å². The Bertz CT molecular complexity index is 523. The third-order valence-electron chi connectivity index (χ3n) is 4.28. The number of benzene rings is 1. The Balaban J connectivity index is 1.87. The fourth-order valence-electron chi connectivity index (χ4n) is 3.37. The monoisotopic (exact) mass is 320 g/mol. The van der Waals surface area contributed by atoms with Gasteiger partial charge in [0.05, 0.1) is 20.8 Å². The van der Waals surface area contributed by atoms with Crippen molar-refractivity contribution >= 4 is 5.91 Å². The smallest absolute Gasteiger partial charge is 0.234 e. The van der Waals surface area contributed by atoms with E-state index in [1.807, 2.05) is 18.2 Å². The number of rotatable bonds is 6. The highest BCUT2D eigenvalue weighted by molar-refractivity contribution is 5.78. The van der Waals surface area contributed by atoms with Gasteiger partial charge in [-0.3, -0.25) is 9.69 Å². The van der Waals surface area contributed by atoms with Gasteiger partial charge in [-0.05, 0) is 30.4 Å². The van der Waals surface area contributed by atoms with Gasteiger partial charge in [0.25, 0.3) is 0 Å². The standard InChI is InChI=1S/C18H28N2O3/c1-13-7-14(2)11-20(10-13)12-18(21)19-9-15-5-6-16(22-3)8-17(15)23-4/h5-6,8,13-14H,7,9-12H2,1-4H3,(H,19,21). The van der Waals surface area contributed by atoms with Crippen molar-refractivity contribution in [3.05, 3.63) is 23.8 Å². The third kappa shape index (κ3) is 5.13. The van der Waals surface area contributed by atoms with E-state index in [2.05, 4.69) is 24.1 Å². The minimum Gasteiger partial charge on any atom is -0.497 e. The predicted molar refractivity (Wildman–Crippen MR) is 90.8 cm³/mol. The molecular formula is C18H28N2O3. The number of piperidine rings is 1. The molecule has 1 fully saturated rings. The first-order valence-corrected chi connectivity index (χ1v) is 8.21. The van der Waals surface area contributed by atoms with Crippen LogP contribution in [0.15, 0.2) is 18.2 Å². The van der Waals surface area contributed by atoms with Gasteiger partial charge in [0, 0.05) is 31.3 Å². The molecule has 0 saturated carbocycles. The Kier molecular flexibility index (Phi) is 6.28. The molecule has 23 heavy (non-hydrogen) atoms. The maximum Gasteiger partial charge on any atom is 0.234 e. The number of likely N-dealkylation sites (tertiary alicyclic amines) is 1. The van der Waals surface area contributed by atoms with Gasteiger partial charge in [0.1, 0.15) is 11.5 Å². The molecule has 0 aliphatic carbocycles. The lowest BCUT2D eigenvalue weighted by Crippen LogP contribution is -2.44. The van der Waals surface area contributed by atoms with E-state index < -0.39 is 0 Å². The van der Waals surface area contributed by atoms with E-state index in [4.69, 9.17) is 9.47 Å². The quantitative estimate of drug-likeness (QED) is 0.874. The Labute approximate surface area is 139 Å². The fourth-order valence-corrected chi connectivity index (χ4v) is 3.37. The summed E-state index contributed by atoms with van der Waals surface area (Å²) < 4.78 is 10.5. The Morgan fingerprint density at radius 1 is 1.22 bits per heavy atom. The molecule has 128 valence electrons.